The lowest BCUT2D eigenvalue weighted by atomic mass is 10.2. The van der Waals surface area contributed by atoms with Gasteiger partial charge in [-0.3, -0.25) is 15.4 Å². The molecule has 0 saturated carbocycles. The fraction of sp³-hybridized carbons (Fsp3) is 0.364. The van der Waals surface area contributed by atoms with Gasteiger partial charge in [-0.25, -0.2) is 4.79 Å². The highest BCUT2D eigenvalue weighted by Gasteiger charge is 2.20. The predicted octanol–water partition coefficient (Wildman–Crippen LogP) is 2.14. The number of ether oxygens (including phenoxy) is 1. The zero-order chi connectivity index (χ0) is 13.2. The summed E-state index contributed by atoms with van der Waals surface area (Å²) in [6.45, 7) is 5.34. The molecule has 0 saturated heterocycles. The largest absolute Gasteiger partial charge is 0.456 e. The van der Waals surface area contributed by atoms with Crippen molar-refractivity contribution in [2.24, 2.45) is 0 Å². The summed E-state index contributed by atoms with van der Waals surface area (Å²) in [6.07, 6.45) is 2.47. The van der Waals surface area contributed by atoms with E-state index in [1.165, 1.54) is 16.8 Å². The van der Waals surface area contributed by atoms with Gasteiger partial charge in [0.1, 0.15) is 11.1 Å². The van der Waals surface area contributed by atoms with Crippen LogP contribution >= 0.6 is 15.9 Å². The zero-order valence-electron chi connectivity index (χ0n) is 9.87. The number of nitrogens with zero attached hydrogens (tertiary/aromatic N) is 1. The Labute approximate surface area is 108 Å². The van der Waals surface area contributed by atoms with E-state index in [4.69, 9.17) is 15.6 Å². The van der Waals surface area contributed by atoms with Gasteiger partial charge in [-0.1, -0.05) is 0 Å². The first-order chi connectivity index (χ1) is 7.74. The van der Waals surface area contributed by atoms with Crippen LogP contribution in [0.15, 0.2) is 16.7 Å². The van der Waals surface area contributed by atoms with Crippen LogP contribution in [-0.2, 0) is 4.74 Å². The van der Waals surface area contributed by atoms with Gasteiger partial charge in [0.2, 0.25) is 0 Å². The Hall–Kier alpha value is -1.43. The standard InChI is InChI=1S/C11H14BrN3O2/c1-11(2,3)17-10(16)7-4-9(14)15(6-13)5-8(7)12/h4-6,13-14H,1-3H3. The number of pyridine rings is 1. The average molecular weight is 300 g/mol. The normalized spacial score (nSPS) is 11.1. The number of hydrogen-bond acceptors (Lipinski definition) is 4. The Morgan fingerprint density at radius 2 is 2.12 bits per heavy atom. The Morgan fingerprint density at radius 1 is 1.53 bits per heavy atom. The van der Waals surface area contributed by atoms with Crippen LogP contribution in [0.5, 0.6) is 0 Å². The first-order valence-electron chi connectivity index (χ1n) is 4.95. The number of nitrogens with one attached hydrogen (secondary N) is 2. The number of esters is 1. The number of carbonyl (C=O) groups is 1. The zero-order valence-corrected chi connectivity index (χ0v) is 11.5. The van der Waals surface area contributed by atoms with Crippen molar-refractivity contribution in [1.82, 2.24) is 4.57 Å². The maximum atomic E-state index is 11.8. The van der Waals surface area contributed by atoms with Crippen molar-refractivity contribution in [3.63, 3.8) is 0 Å². The van der Waals surface area contributed by atoms with Crippen LogP contribution in [0.2, 0.25) is 0 Å². The molecule has 2 N–H and O–H groups in total. The summed E-state index contributed by atoms with van der Waals surface area (Å²) >= 11 is 3.22. The number of carbonyl (C=O) groups excluding carboxylic acids is 1. The van der Waals surface area contributed by atoms with E-state index in [-0.39, 0.29) is 11.1 Å². The van der Waals surface area contributed by atoms with Gasteiger partial charge in [-0.2, -0.15) is 0 Å². The van der Waals surface area contributed by atoms with Crippen molar-refractivity contribution in [2.75, 3.05) is 0 Å². The second kappa shape index (κ2) is 4.83. The summed E-state index contributed by atoms with van der Waals surface area (Å²) in [6, 6.07) is 1.36. The van der Waals surface area contributed by atoms with Crippen molar-refractivity contribution in [3.05, 3.63) is 27.8 Å². The third-order valence-corrected chi connectivity index (χ3v) is 2.46. The van der Waals surface area contributed by atoms with E-state index in [1.54, 1.807) is 20.8 Å². The molecule has 0 aromatic carbocycles. The smallest absolute Gasteiger partial charge is 0.339 e. The molecule has 1 rings (SSSR count). The number of hydrogen-bond donors (Lipinski definition) is 2. The first kappa shape index (κ1) is 13.6. The summed E-state index contributed by atoms with van der Waals surface area (Å²) in [7, 11) is 0. The highest BCUT2D eigenvalue weighted by Crippen LogP contribution is 2.18. The van der Waals surface area contributed by atoms with Crippen LogP contribution in [-0.4, -0.2) is 22.5 Å². The molecule has 0 radical (unpaired) electrons. The highest BCUT2D eigenvalue weighted by atomic mass is 79.9. The molecule has 0 fully saturated rings. The van der Waals surface area contributed by atoms with Gasteiger partial charge >= 0.3 is 5.97 Å². The van der Waals surface area contributed by atoms with Crippen molar-refractivity contribution in [2.45, 2.75) is 26.4 Å². The molecule has 0 aliphatic rings. The second-order valence-electron chi connectivity index (χ2n) is 4.46. The van der Waals surface area contributed by atoms with Crippen LogP contribution in [0.3, 0.4) is 0 Å². The van der Waals surface area contributed by atoms with Gasteiger partial charge < -0.3 is 4.74 Å². The summed E-state index contributed by atoms with van der Waals surface area (Å²) in [5, 5.41) is 14.7. The van der Waals surface area contributed by atoms with E-state index in [2.05, 4.69) is 15.9 Å². The minimum Gasteiger partial charge on any atom is -0.456 e. The summed E-state index contributed by atoms with van der Waals surface area (Å²) in [5.41, 5.74) is -0.251. The highest BCUT2D eigenvalue weighted by molar-refractivity contribution is 9.10. The molecule has 6 heteroatoms. The van der Waals surface area contributed by atoms with Crippen LogP contribution < -0.4 is 5.49 Å². The molecule has 1 aromatic heterocycles. The lowest BCUT2D eigenvalue weighted by molar-refractivity contribution is 0.00680. The van der Waals surface area contributed by atoms with Crippen molar-refractivity contribution < 1.29 is 9.53 Å². The lowest BCUT2D eigenvalue weighted by Gasteiger charge is -2.20. The minimum atomic E-state index is -0.577. The molecule has 92 valence electrons. The SMILES string of the molecule is CC(C)(C)OC(=O)c1cc(=N)n(C=N)cc1Br. The van der Waals surface area contributed by atoms with Crippen LogP contribution in [0.1, 0.15) is 31.1 Å². The van der Waals surface area contributed by atoms with Gasteiger partial charge in [0, 0.05) is 10.7 Å². The third-order valence-electron chi connectivity index (χ3n) is 1.83. The average Bonchev–Trinajstić information content (AvgIpc) is 2.18. The van der Waals surface area contributed by atoms with E-state index in [1.807, 2.05) is 0 Å². The van der Waals surface area contributed by atoms with Crippen LogP contribution in [0.4, 0.5) is 0 Å². The molecule has 17 heavy (non-hydrogen) atoms. The van der Waals surface area contributed by atoms with E-state index >= 15 is 0 Å². The summed E-state index contributed by atoms with van der Waals surface area (Å²) in [4.78, 5) is 11.8. The molecule has 0 spiro atoms. The fourth-order valence-electron chi connectivity index (χ4n) is 1.14. The molecular formula is C11H14BrN3O2. The molecule has 0 unspecified atom stereocenters. The summed E-state index contributed by atoms with van der Waals surface area (Å²) in [5.74, 6) is -0.491. The van der Waals surface area contributed by atoms with E-state index in [9.17, 15) is 4.79 Å². The predicted molar refractivity (Wildman–Crippen MR) is 67.3 cm³/mol. The Balaban J connectivity index is 3.16. The Morgan fingerprint density at radius 3 is 2.59 bits per heavy atom. The quantitative estimate of drug-likeness (QED) is 0.498. The molecule has 0 aliphatic heterocycles. The molecule has 0 bridgehead atoms. The van der Waals surface area contributed by atoms with Gasteiger partial charge in [0.05, 0.1) is 11.9 Å². The Bertz CT molecular complexity index is 514. The number of halogens is 1. The van der Waals surface area contributed by atoms with Crippen LogP contribution in [0.25, 0.3) is 0 Å². The van der Waals surface area contributed by atoms with Gasteiger partial charge in [0.15, 0.2) is 0 Å². The first-order valence-corrected chi connectivity index (χ1v) is 5.74. The monoisotopic (exact) mass is 299 g/mol. The van der Waals surface area contributed by atoms with Gasteiger partial charge in [-0.05, 0) is 42.8 Å². The minimum absolute atomic E-state index is 0.0454. The molecule has 1 heterocycles. The Kier molecular flexibility index (Phi) is 3.87. The van der Waals surface area contributed by atoms with E-state index < -0.39 is 11.6 Å². The molecular weight excluding hydrogens is 286 g/mol. The fourth-order valence-corrected chi connectivity index (χ4v) is 1.63. The number of rotatable bonds is 2. The maximum Gasteiger partial charge on any atom is 0.339 e. The topological polar surface area (TPSA) is 78.9 Å². The molecule has 0 amide bonds. The van der Waals surface area contributed by atoms with Crippen LogP contribution in [0, 0.1) is 10.8 Å². The lowest BCUT2D eigenvalue weighted by Crippen LogP contribution is -2.26. The number of aromatic nitrogens is 1. The van der Waals surface area contributed by atoms with Gasteiger partial charge in [0.25, 0.3) is 0 Å². The molecule has 5 nitrogen and oxygen atoms in total. The molecule has 0 atom stereocenters. The molecule has 1 aromatic rings. The third kappa shape index (κ3) is 3.52. The van der Waals surface area contributed by atoms with Crippen molar-refractivity contribution in [1.29, 1.82) is 10.8 Å². The van der Waals surface area contributed by atoms with E-state index in [0.29, 0.717) is 4.47 Å². The van der Waals surface area contributed by atoms with E-state index in [0.717, 1.165) is 6.34 Å². The summed E-state index contributed by atoms with van der Waals surface area (Å²) < 4.78 is 6.98. The molecule has 0 aliphatic carbocycles. The van der Waals surface area contributed by atoms with Crippen molar-refractivity contribution >= 4 is 28.2 Å². The maximum absolute atomic E-state index is 11.8. The van der Waals surface area contributed by atoms with Crippen molar-refractivity contribution in [3.8, 4) is 0 Å². The second-order valence-corrected chi connectivity index (χ2v) is 5.31. The van der Waals surface area contributed by atoms with Gasteiger partial charge in [-0.15, -0.1) is 0 Å².